The zero-order valence-electron chi connectivity index (χ0n) is 15.8. The molecule has 3 aromatic rings. The Labute approximate surface area is 166 Å². The number of carbonyl (C=O) groups excluding carboxylic acids is 2. The number of amides is 1. The van der Waals surface area contributed by atoms with E-state index in [2.05, 4.69) is 5.16 Å². The molecular formula is C21H18N2O6. The molecule has 0 saturated heterocycles. The van der Waals surface area contributed by atoms with Gasteiger partial charge in [0.2, 0.25) is 5.78 Å². The molecule has 2 aromatic heterocycles. The molecule has 1 N–H and O–H groups in total. The summed E-state index contributed by atoms with van der Waals surface area (Å²) < 4.78 is 15.8. The molecule has 0 fully saturated rings. The first kappa shape index (κ1) is 18.5. The van der Waals surface area contributed by atoms with Gasteiger partial charge in [-0.3, -0.25) is 14.5 Å². The quantitative estimate of drug-likeness (QED) is 0.635. The number of aryl methyl sites for hydroxylation is 1. The SMILES string of the molecule is CCOc1ccc([C@H]2C(C(=O)c3ccco3)=C(O)C(=O)N2c2cc(C)on2)cc1. The third-order valence-electron chi connectivity index (χ3n) is 4.57. The number of rotatable bonds is 6. The molecule has 1 aliphatic heterocycles. The van der Waals surface area contributed by atoms with Gasteiger partial charge >= 0.3 is 0 Å². The molecule has 3 heterocycles. The maximum Gasteiger partial charge on any atom is 0.295 e. The molecular weight excluding hydrogens is 376 g/mol. The van der Waals surface area contributed by atoms with Crippen molar-refractivity contribution >= 4 is 17.5 Å². The normalized spacial score (nSPS) is 16.6. The van der Waals surface area contributed by atoms with Crippen LogP contribution in [-0.2, 0) is 4.79 Å². The summed E-state index contributed by atoms with van der Waals surface area (Å²) in [5.74, 6) is -0.616. The lowest BCUT2D eigenvalue weighted by Crippen LogP contribution is -2.31. The van der Waals surface area contributed by atoms with E-state index in [9.17, 15) is 14.7 Å². The summed E-state index contributed by atoms with van der Waals surface area (Å²) in [5.41, 5.74) is 0.510. The lowest BCUT2D eigenvalue weighted by molar-refractivity contribution is -0.117. The van der Waals surface area contributed by atoms with E-state index >= 15 is 0 Å². The second-order valence-electron chi connectivity index (χ2n) is 6.44. The van der Waals surface area contributed by atoms with E-state index in [0.29, 0.717) is 23.7 Å². The summed E-state index contributed by atoms with van der Waals surface area (Å²) >= 11 is 0. The second-order valence-corrected chi connectivity index (χ2v) is 6.44. The highest BCUT2D eigenvalue weighted by Crippen LogP contribution is 2.42. The zero-order valence-corrected chi connectivity index (χ0v) is 15.8. The van der Waals surface area contributed by atoms with Gasteiger partial charge in [-0.05, 0) is 43.7 Å². The van der Waals surface area contributed by atoms with Crippen LogP contribution in [0.25, 0.3) is 0 Å². The van der Waals surface area contributed by atoms with Crippen molar-refractivity contribution in [2.45, 2.75) is 19.9 Å². The Morgan fingerprint density at radius 2 is 2.03 bits per heavy atom. The van der Waals surface area contributed by atoms with Gasteiger partial charge in [-0.25, -0.2) is 0 Å². The third-order valence-corrected chi connectivity index (χ3v) is 4.57. The van der Waals surface area contributed by atoms with Crippen LogP contribution < -0.4 is 9.64 Å². The van der Waals surface area contributed by atoms with Crippen LogP contribution in [0.3, 0.4) is 0 Å². The van der Waals surface area contributed by atoms with Gasteiger partial charge in [0.15, 0.2) is 17.3 Å². The number of Topliss-reactive ketones (excluding diaryl/α,β-unsaturated/α-hetero) is 1. The van der Waals surface area contributed by atoms with Crippen molar-refractivity contribution in [2.75, 3.05) is 11.5 Å². The van der Waals surface area contributed by atoms with Crippen molar-refractivity contribution in [3.63, 3.8) is 0 Å². The highest BCUT2D eigenvalue weighted by molar-refractivity contribution is 6.19. The highest BCUT2D eigenvalue weighted by Gasteiger charge is 2.46. The molecule has 1 atom stereocenters. The number of aromatic nitrogens is 1. The Morgan fingerprint density at radius 3 is 2.62 bits per heavy atom. The molecule has 1 amide bonds. The van der Waals surface area contributed by atoms with E-state index in [1.807, 2.05) is 6.92 Å². The Morgan fingerprint density at radius 1 is 1.28 bits per heavy atom. The summed E-state index contributed by atoms with van der Waals surface area (Å²) in [6, 6.07) is 10.6. The molecule has 0 saturated carbocycles. The highest BCUT2D eigenvalue weighted by atomic mass is 16.5. The number of ether oxygens (including phenoxy) is 1. The van der Waals surface area contributed by atoms with Crippen LogP contribution in [0.2, 0.25) is 0 Å². The molecule has 1 aliphatic rings. The summed E-state index contributed by atoms with van der Waals surface area (Å²) in [6.07, 6.45) is 1.35. The molecule has 0 bridgehead atoms. The van der Waals surface area contributed by atoms with Gasteiger partial charge in [-0.1, -0.05) is 17.3 Å². The standard InChI is InChI=1S/C21H18N2O6/c1-3-27-14-8-6-13(7-9-14)18-17(19(24)15-5-4-10-28-15)20(25)21(26)23(18)16-11-12(2)29-22-16/h4-11,18,25H,3H2,1-2H3/t18-/m0/s1. The number of aliphatic hydroxyl groups excluding tert-OH is 1. The summed E-state index contributed by atoms with van der Waals surface area (Å²) in [7, 11) is 0. The molecule has 0 radical (unpaired) electrons. The van der Waals surface area contributed by atoms with Crippen LogP contribution >= 0.6 is 0 Å². The van der Waals surface area contributed by atoms with Gasteiger partial charge in [0.25, 0.3) is 5.91 Å². The fourth-order valence-corrected chi connectivity index (χ4v) is 3.31. The topological polar surface area (TPSA) is 106 Å². The van der Waals surface area contributed by atoms with E-state index < -0.39 is 23.5 Å². The summed E-state index contributed by atoms with van der Waals surface area (Å²) in [5, 5.41) is 14.5. The third kappa shape index (κ3) is 3.18. The number of benzene rings is 1. The summed E-state index contributed by atoms with van der Waals surface area (Å²) in [6.45, 7) is 4.07. The monoisotopic (exact) mass is 394 g/mol. The zero-order chi connectivity index (χ0) is 20.5. The van der Waals surface area contributed by atoms with E-state index in [4.69, 9.17) is 13.7 Å². The van der Waals surface area contributed by atoms with Crippen LogP contribution in [-0.4, -0.2) is 28.6 Å². The number of furan rings is 1. The number of nitrogens with zero attached hydrogens (tertiary/aromatic N) is 2. The Bertz CT molecular complexity index is 1080. The molecule has 0 unspecified atom stereocenters. The molecule has 4 rings (SSSR count). The van der Waals surface area contributed by atoms with Gasteiger partial charge in [-0.2, -0.15) is 0 Å². The largest absolute Gasteiger partial charge is 0.503 e. The lowest BCUT2D eigenvalue weighted by Gasteiger charge is -2.24. The molecule has 0 spiro atoms. The molecule has 0 aliphatic carbocycles. The van der Waals surface area contributed by atoms with Gasteiger partial charge in [0.1, 0.15) is 11.5 Å². The Balaban J connectivity index is 1.83. The van der Waals surface area contributed by atoms with Crippen molar-refractivity contribution in [1.82, 2.24) is 5.16 Å². The fraction of sp³-hybridized carbons (Fsp3) is 0.190. The van der Waals surface area contributed by atoms with Crippen LogP contribution in [0.1, 0.15) is 34.8 Å². The average Bonchev–Trinajstić information content (AvgIpc) is 3.44. The predicted octanol–water partition coefficient (Wildman–Crippen LogP) is 3.76. The lowest BCUT2D eigenvalue weighted by atomic mass is 9.95. The number of carbonyl (C=O) groups is 2. The van der Waals surface area contributed by atoms with Gasteiger partial charge in [-0.15, -0.1) is 0 Å². The Kier molecular flexibility index (Phi) is 4.67. The van der Waals surface area contributed by atoms with E-state index in [0.717, 1.165) is 0 Å². The number of hydrogen-bond acceptors (Lipinski definition) is 7. The minimum Gasteiger partial charge on any atom is -0.503 e. The number of anilines is 1. The van der Waals surface area contributed by atoms with Crippen molar-refractivity contribution in [1.29, 1.82) is 0 Å². The van der Waals surface area contributed by atoms with E-state index in [1.54, 1.807) is 43.3 Å². The molecule has 8 nitrogen and oxygen atoms in total. The fourth-order valence-electron chi connectivity index (χ4n) is 3.31. The Hall–Kier alpha value is -3.81. The number of ketones is 1. The maximum atomic E-state index is 13.0. The van der Waals surface area contributed by atoms with Crippen molar-refractivity contribution in [2.24, 2.45) is 0 Å². The van der Waals surface area contributed by atoms with Crippen molar-refractivity contribution in [3.05, 3.63) is 77.1 Å². The predicted molar refractivity (Wildman–Crippen MR) is 102 cm³/mol. The van der Waals surface area contributed by atoms with Gasteiger partial charge < -0.3 is 18.8 Å². The first-order chi connectivity index (χ1) is 14.0. The first-order valence-corrected chi connectivity index (χ1v) is 9.02. The minimum absolute atomic E-state index is 0.0217. The van der Waals surface area contributed by atoms with Gasteiger partial charge in [0, 0.05) is 6.07 Å². The van der Waals surface area contributed by atoms with Crippen LogP contribution in [0.15, 0.2) is 69.0 Å². The molecule has 8 heteroatoms. The van der Waals surface area contributed by atoms with E-state index in [1.165, 1.54) is 17.2 Å². The minimum atomic E-state index is -0.903. The van der Waals surface area contributed by atoms with Crippen LogP contribution in [0, 0.1) is 6.92 Å². The van der Waals surface area contributed by atoms with Crippen molar-refractivity contribution in [3.8, 4) is 5.75 Å². The smallest absolute Gasteiger partial charge is 0.295 e. The first-order valence-electron chi connectivity index (χ1n) is 9.02. The average molecular weight is 394 g/mol. The maximum absolute atomic E-state index is 13.0. The van der Waals surface area contributed by atoms with Crippen LogP contribution in [0.5, 0.6) is 5.75 Å². The summed E-state index contributed by atoms with van der Waals surface area (Å²) in [4.78, 5) is 27.2. The molecule has 29 heavy (non-hydrogen) atoms. The number of aliphatic hydroxyl groups is 1. The van der Waals surface area contributed by atoms with Gasteiger partial charge in [0.05, 0.1) is 24.5 Å². The van der Waals surface area contributed by atoms with Crippen LogP contribution in [0.4, 0.5) is 5.82 Å². The van der Waals surface area contributed by atoms with E-state index in [-0.39, 0.29) is 17.2 Å². The molecule has 1 aromatic carbocycles. The molecule has 148 valence electrons. The second kappa shape index (κ2) is 7.31. The number of hydrogen-bond donors (Lipinski definition) is 1. The van der Waals surface area contributed by atoms with Crippen molar-refractivity contribution < 1.29 is 28.4 Å².